The van der Waals surface area contributed by atoms with Gasteiger partial charge in [0.1, 0.15) is 0 Å². The van der Waals surface area contributed by atoms with E-state index in [1.54, 1.807) is 0 Å². The molecule has 0 aromatic carbocycles. The second-order valence-corrected chi connectivity index (χ2v) is 0. The van der Waals surface area contributed by atoms with Crippen LogP contribution < -0.4 is 0 Å². The van der Waals surface area contributed by atoms with Gasteiger partial charge in [0, 0.05) is 16.5 Å². The summed E-state index contributed by atoms with van der Waals surface area (Å²) in [5.74, 6) is 0. The van der Waals surface area contributed by atoms with Crippen LogP contribution in [0.2, 0.25) is 0 Å². The van der Waals surface area contributed by atoms with E-state index < -0.39 is 0 Å². The molecule has 0 aliphatic heterocycles. The van der Waals surface area contributed by atoms with Gasteiger partial charge in [0.05, 0.1) is 0 Å². The fourth-order valence-corrected chi connectivity index (χ4v) is 0. The maximum absolute atomic E-state index is 0. The first-order chi connectivity index (χ1) is 0. The Bertz CT molecular complexity index is 6.00. The molecule has 0 aliphatic carbocycles. The van der Waals surface area contributed by atoms with E-state index in [0.29, 0.717) is 0 Å². The van der Waals surface area contributed by atoms with Crippen molar-refractivity contribution < 1.29 is 16.5 Å². The number of hydrogen-bond acceptors (Lipinski definition) is 0. The normalized spacial score (nSPS) is 0. The zero-order valence-electron chi connectivity index (χ0n) is 1.13. The van der Waals surface area contributed by atoms with E-state index in [4.69, 9.17) is 0 Å². The van der Waals surface area contributed by atoms with Crippen molar-refractivity contribution in [1.29, 1.82) is 0 Å². The Hall–Kier alpha value is 1.61. The quantitative estimate of drug-likeness (QED) is 0.427. The van der Waals surface area contributed by atoms with Gasteiger partial charge in [0.2, 0.25) is 0 Å². The van der Waals surface area contributed by atoms with Gasteiger partial charge in [-0.15, -0.1) is 24.8 Å². The predicted molar refractivity (Wildman–Crippen MR) is 24.4 cm³/mol. The molecular weight excluding hydrogens is 157 g/mol. The molecule has 0 bridgehead atoms. The summed E-state index contributed by atoms with van der Waals surface area (Å²) in [5, 5.41) is 0. The Balaban J connectivity index is 0. The fraction of sp³-hybridized carbons (Fsp3) is 0. The molecule has 4 heavy (non-hydrogen) atoms. The Morgan fingerprint density at radius 3 is 0.750 bits per heavy atom. The van der Waals surface area contributed by atoms with Crippen molar-refractivity contribution in [1.82, 2.24) is 0 Å². The summed E-state index contributed by atoms with van der Waals surface area (Å²) in [6, 6.07) is 0. The maximum atomic E-state index is 0. The van der Waals surface area contributed by atoms with Crippen molar-refractivity contribution in [2.75, 3.05) is 0 Å². The third-order valence-corrected chi connectivity index (χ3v) is 0. The fourth-order valence-electron chi connectivity index (χ4n) is 0. The minimum absolute atomic E-state index is 0. The van der Waals surface area contributed by atoms with Gasteiger partial charge in [-0.3, -0.25) is 0 Å². The van der Waals surface area contributed by atoms with Crippen LogP contribution in [-0.2, 0) is 16.5 Å². The molecule has 0 unspecified atom stereocenters. The molecule has 32 valence electrons. The Labute approximate surface area is 58.6 Å². The minimum atomic E-state index is 0. The van der Waals surface area contributed by atoms with Crippen molar-refractivity contribution in [2.45, 2.75) is 0 Å². The van der Waals surface area contributed by atoms with Crippen LogP contribution in [0.4, 0.5) is 0 Å². The first kappa shape index (κ1) is 46.1. The molecule has 0 atom stereocenters. The molecule has 0 heterocycles. The Morgan fingerprint density at radius 1 is 0.750 bits per heavy atom. The Morgan fingerprint density at radius 2 is 0.750 bits per heavy atom. The van der Waals surface area contributed by atoms with Crippen molar-refractivity contribution in [3.8, 4) is 0 Å². The first-order valence-corrected chi connectivity index (χ1v) is 0. The topological polar surface area (TPSA) is 0 Å². The van der Waals surface area contributed by atoms with Crippen LogP contribution in [0.15, 0.2) is 0 Å². The van der Waals surface area contributed by atoms with E-state index in [1.165, 1.54) is 0 Å². The molecular formula is H5AlCl2Ni. The molecule has 0 saturated carbocycles. The van der Waals surface area contributed by atoms with E-state index in [1.807, 2.05) is 0 Å². The van der Waals surface area contributed by atoms with E-state index in [0.717, 1.165) is 0 Å². The van der Waals surface area contributed by atoms with Crippen LogP contribution in [0.1, 0.15) is 0 Å². The number of halogens is 2. The monoisotopic (exact) mass is 160 g/mol. The van der Waals surface area contributed by atoms with Crippen LogP contribution >= 0.6 is 24.8 Å². The average Bonchev–Trinajstić information content (AvgIpc) is 0. The molecule has 0 nitrogen and oxygen atoms in total. The van der Waals surface area contributed by atoms with E-state index in [9.17, 15) is 0 Å². The molecule has 0 fully saturated rings. The maximum Gasteiger partial charge on any atom is 0.187 e. The number of rotatable bonds is 0. The second kappa shape index (κ2) is 23.2. The van der Waals surface area contributed by atoms with Gasteiger partial charge in [0.25, 0.3) is 0 Å². The largest absolute Gasteiger partial charge is 0.187 e. The molecule has 0 spiro atoms. The molecule has 0 aromatic rings. The smallest absolute Gasteiger partial charge is 0.147 e. The summed E-state index contributed by atoms with van der Waals surface area (Å²) in [6.07, 6.45) is 0. The summed E-state index contributed by atoms with van der Waals surface area (Å²) in [7, 11) is 0. The van der Waals surface area contributed by atoms with Gasteiger partial charge < -0.3 is 0 Å². The molecule has 0 N–H and O–H groups in total. The van der Waals surface area contributed by atoms with Gasteiger partial charge in [-0.2, -0.15) is 0 Å². The van der Waals surface area contributed by atoms with Crippen LogP contribution in [-0.4, -0.2) is 17.4 Å². The van der Waals surface area contributed by atoms with E-state index >= 15 is 0 Å². The third-order valence-electron chi connectivity index (χ3n) is 0. The van der Waals surface area contributed by atoms with Crippen molar-refractivity contribution >= 4 is 42.2 Å². The predicted octanol–water partition coefficient (Wildman–Crippen LogP) is -0.343. The standard InChI is InChI=1S/Al.2ClH.Ni.3H/h;2*1H;;;;. The zero-order valence-corrected chi connectivity index (χ0v) is 3.75. The SMILES string of the molecule is Cl.Cl.[AlH3].[Ni]. The van der Waals surface area contributed by atoms with Gasteiger partial charge >= 0.3 is 0 Å². The van der Waals surface area contributed by atoms with Crippen LogP contribution in [0.3, 0.4) is 0 Å². The summed E-state index contributed by atoms with van der Waals surface area (Å²) in [6.45, 7) is 0. The third kappa shape index (κ3) is 9.49. The van der Waals surface area contributed by atoms with E-state index in [2.05, 4.69) is 0 Å². The summed E-state index contributed by atoms with van der Waals surface area (Å²) >= 11 is 0. The Kier molecular flexibility index (Phi) is 268. The van der Waals surface area contributed by atoms with Crippen LogP contribution in [0.5, 0.6) is 0 Å². The average molecular weight is 162 g/mol. The van der Waals surface area contributed by atoms with E-state index in [-0.39, 0.29) is 58.7 Å². The van der Waals surface area contributed by atoms with Gasteiger partial charge in [-0.25, -0.2) is 0 Å². The molecule has 0 radical (unpaired) electrons. The van der Waals surface area contributed by atoms with Crippen LogP contribution in [0, 0.1) is 0 Å². The van der Waals surface area contributed by atoms with Crippen LogP contribution in [0.25, 0.3) is 0 Å². The van der Waals surface area contributed by atoms with Crippen molar-refractivity contribution in [2.24, 2.45) is 0 Å². The molecule has 0 aliphatic rings. The molecule has 0 aromatic heterocycles. The second-order valence-electron chi connectivity index (χ2n) is 0. The van der Waals surface area contributed by atoms with Crippen molar-refractivity contribution in [3.05, 3.63) is 0 Å². The molecule has 0 rings (SSSR count). The molecule has 0 saturated heterocycles. The summed E-state index contributed by atoms with van der Waals surface area (Å²) in [4.78, 5) is 0. The van der Waals surface area contributed by atoms with Gasteiger partial charge in [0.15, 0.2) is 17.4 Å². The molecule has 4 heteroatoms. The zero-order chi connectivity index (χ0) is 0. The number of hydrogen-bond donors (Lipinski definition) is 0. The van der Waals surface area contributed by atoms with Gasteiger partial charge in [-0.1, -0.05) is 0 Å². The molecule has 0 amide bonds. The van der Waals surface area contributed by atoms with Crippen molar-refractivity contribution in [3.63, 3.8) is 0 Å². The first-order valence-electron chi connectivity index (χ1n) is 0. The summed E-state index contributed by atoms with van der Waals surface area (Å²) < 4.78 is 0. The van der Waals surface area contributed by atoms with Gasteiger partial charge in [-0.05, 0) is 0 Å². The minimum Gasteiger partial charge on any atom is -0.147 e. The summed E-state index contributed by atoms with van der Waals surface area (Å²) in [5.41, 5.74) is 0.